The maximum absolute atomic E-state index is 12.8. The van der Waals surface area contributed by atoms with Crippen molar-refractivity contribution in [3.05, 3.63) is 81.6 Å². The first kappa shape index (κ1) is 17.7. The molecule has 4 nitrogen and oxygen atoms in total. The van der Waals surface area contributed by atoms with Crippen molar-refractivity contribution in [2.45, 2.75) is 19.6 Å². The van der Waals surface area contributed by atoms with E-state index in [0.29, 0.717) is 11.3 Å². The predicted octanol–water partition coefficient (Wildman–Crippen LogP) is 4.38. The predicted molar refractivity (Wildman–Crippen MR) is 93.8 cm³/mol. The SMILES string of the molecule is Cc1cccc(-c2cc(=O)[nH]c(NCc3cccc(C(F)(F)F)c3)n2)c1. The zero-order chi connectivity index (χ0) is 18.7. The van der Waals surface area contributed by atoms with Crippen LogP contribution in [0.25, 0.3) is 11.3 Å². The third-order valence-electron chi connectivity index (χ3n) is 3.77. The second-order valence-corrected chi connectivity index (χ2v) is 5.90. The van der Waals surface area contributed by atoms with Gasteiger partial charge in [0.1, 0.15) is 0 Å². The third-order valence-corrected chi connectivity index (χ3v) is 3.77. The van der Waals surface area contributed by atoms with Gasteiger partial charge >= 0.3 is 6.18 Å². The average Bonchev–Trinajstić information content (AvgIpc) is 2.59. The van der Waals surface area contributed by atoms with Crippen molar-refractivity contribution in [2.24, 2.45) is 0 Å². The number of halogens is 3. The van der Waals surface area contributed by atoms with Gasteiger partial charge in [0.25, 0.3) is 5.56 Å². The van der Waals surface area contributed by atoms with Crippen LogP contribution in [0.1, 0.15) is 16.7 Å². The molecule has 0 amide bonds. The van der Waals surface area contributed by atoms with E-state index >= 15 is 0 Å². The summed E-state index contributed by atoms with van der Waals surface area (Å²) in [5.74, 6) is 0.200. The Bertz CT molecular complexity index is 980. The summed E-state index contributed by atoms with van der Waals surface area (Å²) >= 11 is 0. The number of alkyl halides is 3. The highest BCUT2D eigenvalue weighted by molar-refractivity contribution is 5.60. The van der Waals surface area contributed by atoms with Gasteiger partial charge in [-0.1, -0.05) is 35.9 Å². The van der Waals surface area contributed by atoms with Crippen LogP contribution in [0.4, 0.5) is 19.1 Å². The molecule has 26 heavy (non-hydrogen) atoms. The van der Waals surface area contributed by atoms with Crippen molar-refractivity contribution in [1.82, 2.24) is 9.97 Å². The number of H-pyrrole nitrogens is 1. The van der Waals surface area contributed by atoms with E-state index in [1.807, 2.05) is 31.2 Å². The first-order valence-corrected chi connectivity index (χ1v) is 7.90. The van der Waals surface area contributed by atoms with Crippen LogP contribution < -0.4 is 10.9 Å². The van der Waals surface area contributed by atoms with E-state index in [2.05, 4.69) is 15.3 Å². The monoisotopic (exact) mass is 359 g/mol. The molecule has 0 atom stereocenters. The van der Waals surface area contributed by atoms with Gasteiger partial charge in [-0.25, -0.2) is 4.98 Å². The second kappa shape index (κ2) is 7.03. The highest BCUT2D eigenvalue weighted by Gasteiger charge is 2.30. The van der Waals surface area contributed by atoms with Crippen LogP contribution in [0.3, 0.4) is 0 Å². The Kier molecular flexibility index (Phi) is 4.79. The molecule has 0 aliphatic heterocycles. The largest absolute Gasteiger partial charge is 0.416 e. The minimum Gasteiger partial charge on any atom is -0.352 e. The maximum Gasteiger partial charge on any atom is 0.416 e. The van der Waals surface area contributed by atoms with Crippen LogP contribution in [-0.2, 0) is 12.7 Å². The van der Waals surface area contributed by atoms with E-state index in [1.54, 1.807) is 6.07 Å². The molecule has 7 heteroatoms. The van der Waals surface area contributed by atoms with E-state index in [9.17, 15) is 18.0 Å². The van der Waals surface area contributed by atoms with Crippen LogP contribution in [0.2, 0.25) is 0 Å². The average molecular weight is 359 g/mol. The Morgan fingerprint density at radius 2 is 1.85 bits per heavy atom. The van der Waals surface area contributed by atoms with Gasteiger partial charge in [0.2, 0.25) is 5.95 Å². The molecule has 0 saturated heterocycles. The van der Waals surface area contributed by atoms with Gasteiger partial charge in [0, 0.05) is 18.2 Å². The van der Waals surface area contributed by atoms with Crippen LogP contribution in [0.15, 0.2) is 59.4 Å². The Hall–Kier alpha value is -3.09. The van der Waals surface area contributed by atoms with E-state index in [-0.39, 0.29) is 18.1 Å². The summed E-state index contributed by atoms with van der Waals surface area (Å²) in [6, 6.07) is 13.9. The number of nitrogens with zero attached hydrogens (tertiary/aromatic N) is 1. The Morgan fingerprint density at radius 3 is 2.58 bits per heavy atom. The number of anilines is 1. The molecule has 0 radical (unpaired) electrons. The maximum atomic E-state index is 12.8. The number of hydrogen-bond donors (Lipinski definition) is 2. The van der Waals surface area contributed by atoms with Crippen molar-refractivity contribution in [3.8, 4) is 11.3 Å². The van der Waals surface area contributed by atoms with Gasteiger partial charge in [-0.2, -0.15) is 13.2 Å². The Morgan fingerprint density at radius 1 is 1.08 bits per heavy atom. The lowest BCUT2D eigenvalue weighted by molar-refractivity contribution is -0.137. The molecular weight excluding hydrogens is 343 g/mol. The van der Waals surface area contributed by atoms with Crippen molar-refractivity contribution in [1.29, 1.82) is 0 Å². The summed E-state index contributed by atoms with van der Waals surface area (Å²) in [7, 11) is 0. The fourth-order valence-corrected chi connectivity index (χ4v) is 2.54. The molecule has 0 spiro atoms. The van der Waals surface area contributed by atoms with Gasteiger partial charge < -0.3 is 5.32 Å². The highest BCUT2D eigenvalue weighted by atomic mass is 19.4. The van der Waals surface area contributed by atoms with Gasteiger partial charge in [0.05, 0.1) is 11.3 Å². The number of nitrogens with one attached hydrogen (secondary N) is 2. The summed E-state index contributed by atoms with van der Waals surface area (Å²) < 4.78 is 38.3. The minimum atomic E-state index is -4.40. The molecule has 0 aliphatic rings. The molecule has 0 saturated carbocycles. The summed E-state index contributed by atoms with van der Waals surface area (Å²) in [6.45, 7) is 2.04. The Labute approximate surface area is 147 Å². The number of aryl methyl sites for hydroxylation is 1. The quantitative estimate of drug-likeness (QED) is 0.727. The van der Waals surface area contributed by atoms with Gasteiger partial charge in [-0.15, -0.1) is 0 Å². The molecule has 1 heterocycles. The molecule has 134 valence electrons. The zero-order valence-corrected chi connectivity index (χ0v) is 13.9. The van der Waals surface area contributed by atoms with E-state index in [1.165, 1.54) is 12.1 Å². The molecule has 2 aromatic carbocycles. The lowest BCUT2D eigenvalue weighted by atomic mass is 10.1. The lowest BCUT2D eigenvalue weighted by Gasteiger charge is -2.10. The van der Waals surface area contributed by atoms with E-state index < -0.39 is 11.7 Å². The van der Waals surface area contributed by atoms with Gasteiger partial charge in [-0.05, 0) is 30.7 Å². The smallest absolute Gasteiger partial charge is 0.352 e. The summed E-state index contributed by atoms with van der Waals surface area (Å²) in [4.78, 5) is 18.8. The number of benzene rings is 2. The molecule has 0 fully saturated rings. The normalized spacial score (nSPS) is 11.4. The van der Waals surface area contributed by atoms with Gasteiger partial charge in [0.15, 0.2) is 0 Å². The molecule has 0 unspecified atom stereocenters. The van der Waals surface area contributed by atoms with E-state index in [0.717, 1.165) is 23.3 Å². The molecule has 0 bridgehead atoms. The third kappa shape index (κ3) is 4.30. The molecule has 0 aliphatic carbocycles. The van der Waals surface area contributed by atoms with Crippen molar-refractivity contribution < 1.29 is 13.2 Å². The molecular formula is C19H16F3N3O. The number of aromatic amines is 1. The van der Waals surface area contributed by atoms with Gasteiger partial charge in [-0.3, -0.25) is 9.78 Å². The van der Waals surface area contributed by atoms with Crippen LogP contribution in [0, 0.1) is 6.92 Å². The van der Waals surface area contributed by atoms with E-state index in [4.69, 9.17) is 0 Å². The topological polar surface area (TPSA) is 57.8 Å². The van der Waals surface area contributed by atoms with Crippen molar-refractivity contribution >= 4 is 5.95 Å². The van der Waals surface area contributed by atoms with Crippen LogP contribution in [0.5, 0.6) is 0 Å². The first-order valence-electron chi connectivity index (χ1n) is 7.90. The van der Waals surface area contributed by atoms with Crippen molar-refractivity contribution in [2.75, 3.05) is 5.32 Å². The molecule has 3 rings (SSSR count). The fourth-order valence-electron chi connectivity index (χ4n) is 2.54. The number of rotatable bonds is 4. The molecule has 1 aromatic heterocycles. The standard InChI is InChI=1S/C19H16F3N3O/c1-12-4-2-6-14(8-12)16-10-17(26)25-18(24-16)23-11-13-5-3-7-15(9-13)19(20,21)22/h2-10H,11H2,1H3,(H2,23,24,25,26). The number of hydrogen-bond acceptors (Lipinski definition) is 3. The summed E-state index contributed by atoms with van der Waals surface area (Å²) in [5.41, 5.74) is 1.68. The Balaban J connectivity index is 1.82. The fraction of sp³-hybridized carbons (Fsp3) is 0.158. The zero-order valence-electron chi connectivity index (χ0n) is 13.9. The lowest BCUT2D eigenvalue weighted by Crippen LogP contribution is -2.13. The summed E-state index contributed by atoms with van der Waals surface area (Å²) in [5, 5.41) is 2.87. The van der Waals surface area contributed by atoms with Crippen molar-refractivity contribution in [3.63, 3.8) is 0 Å². The summed E-state index contributed by atoms with van der Waals surface area (Å²) in [6.07, 6.45) is -4.40. The highest BCUT2D eigenvalue weighted by Crippen LogP contribution is 2.29. The first-order chi connectivity index (χ1) is 12.3. The van der Waals surface area contributed by atoms with Crippen LogP contribution >= 0.6 is 0 Å². The molecule has 2 N–H and O–H groups in total. The van der Waals surface area contributed by atoms with Crippen LogP contribution in [-0.4, -0.2) is 9.97 Å². The minimum absolute atomic E-state index is 0.101. The number of aromatic nitrogens is 2. The molecule has 3 aromatic rings. The second-order valence-electron chi connectivity index (χ2n) is 5.90.